The highest BCUT2D eigenvalue weighted by Gasteiger charge is 2.42. The molecule has 0 aliphatic carbocycles. The fourth-order valence-corrected chi connectivity index (χ4v) is 3.66. The van der Waals surface area contributed by atoms with Crippen molar-refractivity contribution >= 4 is 5.91 Å². The van der Waals surface area contributed by atoms with Gasteiger partial charge in [-0.2, -0.15) is 0 Å². The van der Waals surface area contributed by atoms with E-state index in [0.29, 0.717) is 19.1 Å². The number of benzene rings is 1. The van der Waals surface area contributed by atoms with E-state index < -0.39 is 5.79 Å². The molecule has 0 unspecified atom stereocenters. The quantitative estimate of drug-likeness (QED) is 0.856. The third-order valence-electron chi connectivity index (χ3n) is 5.29. The minimum Gasteiger partial charge on any atom is -0.347 e. The molecule has 1 aromatic rings. The van der Waals surface area contributed by atoms with E-state index in [9.17, 15) is 4.79 Å². The molecule has 2 aliphatic heterocycles. The number of amides is 1. The van der Waals surface area contributed by atoms with Gasteiger partial charge >= 0.3 is 0 Å². The van der Waals surface area contributed by atoms with Crippen LogP contribution in [0.2, 0.25) is 0 Å². The van der Waals surface area contributed by atoms with Gasteiger partial charge in [-0.25, -0.2) is 0 Å². The van der Waals surface area contributed by atoms with Gasteiger partial charge in [-0.1, -0.05) is 50.6 Å². The Morgan fingerprint density at radius 3 is 2.35 bits per heavy atom. The molecular formula is C19H27NO3. The molecule has 1 amide bonds. The Morgan fingerprint density at radius 1 is 1.17 bits per heavy atom. The number of likely N-dealkylation sites (tertiary alicyclic amines) is 1. The second kappa shape index (κ2) is 7.02. The summed E-state index contributed by atoms with van der Waals surface area (Å²) in [6, 6.07) is 10.2. The Morgan fingerprint density at radius 2 is 1.78 bits per heavy atom. The first-order chi connectivity index (χ1) is 11.2. The topological polar surface area (TPSA) is 38.8 Å². The van der Waals surface area contributed by atoms with Crippen LogP contribution in [0.5, 0.6) is 0 Å². The summed E-state index contributed by atoms with van der Waals surface area (Å²) in [5, 5.41) is 0. The van der Waals surface area contributed by atoms with Crippen molar-refractivity contribution in [3.8, 4) is 0 Å². The summed E-state index contributed by atoms with van der Waals surface area (Å²) in [7, 11) is 0. The van der Waals surface area contributed by atoms with Crippen LogP contribution in [-0.2, 0) is 14.3 Å². The van der Waals surface area contributed by atoms with E-state index in [1.54, 1.807) is 0 Å². The number of piperidine rings is 1. The highest BCUT2D eigenvalue weighted by molar-refractivity contribution is 5.84. The van der Waals surface area contributed by atoms with Crippen LogP contribution in [0, 0.1) is 5.92 Å². The van der Waals surface area contributed by atoms with Crippen LogP contribution in [0.15, 0.2) is 30.3 Å². The SMILES string of the molecule is CC[C@@H](C)[C@H](C(=O)N1CCC2(CC1)OCCO2)c1ccccc1. The molecule has 23 heavy (non-hydrogen) atoms. The van der Waals surface area contributed by atoms with E-state index in [4.69, 9.17) is 9.47 Å². The normalized spacial score (nSPS) is 23.0. The van der Waals surface area contributed by atoms with Crippen molar-refractivity contribution in [3.63, 3.8) is 0 Å². The van der Waals surface area contributed by atoms with Crippen LogP contribution < -0.4 is 0 Å². The Bertz CT molecular complexity index is 515. The molecule has 2 atom stereocenters. The van der Waals surface area contributed by atoms with Gasteiger partial charge in [0, 0.05) is 25.9 Å². The average molecular weight is 317 g/mol. The van der Waals surface area contributed by atoms with Crippen LogP contribution in [-0.4, -0.2) is 42.9 Å². The fraction of sp³-hybridized carbons (Fsp3) is 0.632. The summed E-state index contributed by atoms with van der Waals surface area (Å²) in [4.78, 5) is 15.1. The third kappa shape index (κ3) is 3.43. The van der Waals surface area contributed by atoms with Gasteiger partial charge in [0.25, 0.3) is 0 Å². The van der Waals surface area contributed by atoms with Crippen molar-refractivity contribution < 1.29 is 14.3 Å². The molecule has 2 fully saturated rings. The molecule has 4 nitrogen and oxygen atoms in total. The van der Waals surface area contributed by atoms with Gasteiger partial charge in [-0.3, -0.25) is 4.79 Å². The summed E-state index contributed by atoms with van der Waals surface area (Å²) in [6.45, 7) is 7.11. The molecular weight excluding hydrogens is 290 g/mol. The van der Waals surface area contributed by atoms with Gasteiger partial charge < -0.3 is 14.4 Å². The number of hydrogen-bond donors (Lipinski definition) is 0. The highest BCUT2D eigenvalue weighted by Crippen LogP contribution is 2.34. The minimum atomic E-state index is -0.421. The Labute approximate surface area is 138 Å². The zero-order chi connectivity index (χ0) is 16.3. The van der Waals surface area contributed by atoms with Gasteiger partial charge in [0.1, 0.15) is 0 Å². The largest absolute Gasteiger partial charge is 0.347 e. The summed E-state index contributed by atoms with van der Waals surface area (Å²) < 4.78 is 11.5. The maximum atomic E-state index is 13.1. The van der Waals surface area contributed by atoms with Crippen LogP contribution in [0.1, 0.15) is 44.6 Å². The highest BCUT2D eigenvalue weighted by atomic mass is 16.7. The predicted molar refractivity (Wildman–Crippen MR) is 89.1 cm³/mol. The van der Waals surface area contributed by atoms with Gasteiger partial charge in [0.2, 0.25) is 5.91 Å². The molecule has 2 heterocycles. The lowest BCUT2D eigenvalue weighted by molar-refractivity contribution is -0.188. The van der Waals surface area contributed by atoms with Crippen LogP contribution in [0.3, 0.4) is 0 Å². The smallest absolute Gasteiger partial charge is 0.230 e. The van der Waals surface area contributed by atoms with Gasteiger partial charge in [-0.15, -0.1) is 0 Å². The maximum absolute atomic E-state index is 13.1. The zero-order valence-electron chi connectivity index (χ0n) is 14.2. The minimum absolute atomic E-state index is 0.0549. The van der Waals surface area contributed by atoms with Gasteiger partial charge in [0.15, 0.2) is 5.79 Å². The molecule has 3 rings (SSSR count). The molecule has 0 saturated carbocycles. The second-order valence-corrected chi connectivity index (χ2v) is 6.71. The number of ether oxygens (including phenoxy) is 2. The second-order valence-electron chi connectivity index (χ2n) is 6.71. The van der Waals surface area contributed by atoms with E-state index in [1.165, 1.54) is 0 Å². The molecule has 2 saturated heterocycles. The molecule has 0 radical (unpaired) electrons. The van der Waals surface area contributed by atoms with E-state index in [1.807, 2.05) is 23.1 Å². The number of rotatable bonds is 4. The molecule has 126 valence electrons. The third-order valence-corrected chi connectivity index (χ3v) is 5.29. The molecule has 1 spiro atoms. The van der Waals surface area contributed by atoms with Crippen LogP contribution in [0.4, 0.5) is 0 Å². The summed E-state index contributed by atoms with van der Waals surface area (Å²) >= 11 is 0. The first-order valence-corrected chi connectivity index (χ1v) is 8.77. The van der Waals surface area contributed by atoms with Crippen LogP contribution >= 0.6 is 0 Å². The Balaban J connectivity index is 1.72. The van der Waals surface area contributed by atoms with Crippen molar-refractivity contribution in [2.45, 2.75) is 44.8 Å². The first kappa shape index (κ1) is 16.5. The van der Waals surface area contributed by atoms with Gasteiger partial charge in [0.05, 0.1) is 19.1 Å². The van der Waals surface area contributed by atoms with Crippen molar-refractivity contribution in [1.29, 1.82) is 0 Å². The number of carbonyl (C=O) groups is 1. The molecule has 1 aromatic carbocycles. The maximum Gasteiger partial charge on any atom is 0.230 e. The van der Waals surface area contributed by atoms with Crippen molar-refractivity contribution in [3.05, 3.63) is 35.9 Å². The summed E-state index contributed by atoms with van der Waals surface area (Å²) in [5.41, 5.74) is 1.13. The fourth-order valence-electron chi connectivity index (χ4n) is 3.66. The first-order valence-electron chi connectivity index (χ1n) is 8.77. The molecule has 0 N–H and O–H groups in total. The molecule has 4 heteroatoms. The number of nitrogens with zero attached hydrogens (tertiary/aromatic N) is 1. The van der Waals surface area contributed by atoms with Crippen LogP contribution in [0.25, 0.3) is 0 Å². The molecule has 2 aliphatic rings. The molecule has 0 aromatic heterocycles. The van der Waals surface area contributed by atoms with E-state index in [0.717, 1.165) is 37.9 Å². The van der Waals surface area contributed by atoms with Crippen molar-refractivity contribution in [1.82, 2.24) is 4.90 Å². The van der Waals surface area contributed by atoms with E-state index >= 15 is 0 Å². The Kier molecular flexibility index (Phi) is 5.02. The Hall–Kier alpha value is -1.39. The van der Waals surface area contributed by atoms with E-state index in [-0.39, 0.29) is 11.8 Å². The lowest BCUT2D eigenvalue weighted by Crippen LogP contribution is -2.49. The van der Waals surface area contributed by atoms with E-state index in [2.05, 4.69) is 26.0 Å². The number of carbonyl (C=O) groups excluding carboxylic acids is 1. The van der Waals surface area contributed by atoms with Gasteiger partial charge in [-0.05, 0) is 11.5 Å². The lowest BCUT2D eigenvalue weighted by Gasteiger charge is -2.39. The average Bonchev–Trinajstić information content (AvgIpc) is 3.04. The molecule has 0 bridgehead atoms. The standard InChI is InChI=1S/C19H27NO3/c1-3-15(2)17(16-7-5-4-6-8-16)18(21)20-11-9-19(10-12-20)22-13-14-23-19/h4-8,15,17H,3,9-14H2,1-2H3/t15-,17+/m1/s1. The van der Waals surface area contributed by atoms with Crippen molar-refractivity contribution in [2.75, 3.05) is 26.3 Å². The number of hydrogen-bond acceptors (Lipinski definition) is 3. The summed E-state index contributed by atoms with van der Waals surface area (Å²) in [6.07, 6.45) is 2.55. The monoisotopic (exact) mass is 317 g/mol. The predicted octanol–water partition coefficient (Wildman–Crippen LogP) is 3.18. The zero-order valence-corrected chi connectivity index (χ0v) is 14.2. The lowest BCUT2D eigenvalue weighted by atomic mass is 9.84. The summed E-state index contributed by atoms with van der Waals surface area (Å²) in [5.74, 6) is 0.105. The van der Waals surface area contributed by atoms with Crippen molar-refractivity contribution in [2.24, 2.45) is 5.92 Å².